The fourth-order valence-corrected chi connectivity index (χ4v) is 3.93. The molecule has 2 saturated heterocycles. The Balaban J connectivity index is 1.51. The van der Waals surface area contributed by atoms with Gasteiger partial charge in [-0.25, -0.2) is 0 Å². The van der Waals surface area contributed by atoms with E-state index in [1.165, 1.54) is 5.69 Å². The molecular formula is C22H37N5O2. The molecule has 0 aromatic heterocycles. The molecule has 2 heterocycles. The molecule has 0 radical (unpaired) electrons. The Labute approximate surface area is 175 Å². The molecule has 29 heavy (non-hydrogen) atoms. The largest absolute Gasteiger partial charge is 0.497 e. The molecule has 7 heteroatoms. The van der Waals surface area contributed by atoms with Gasteiger partial charge >= 0.3 is 0 Å². The highest BCUT2D eigenvalue weighted by molar-refractivity contribution is 5.80. The van der Waals surface area contributed by atoms with Crippen LogP contribution in [0.15, 0.2) is 29.3 Å². The zero-order valence-electron chi connectivity index (χ0n) is 18.3. The van der Waals surface area contributed by atoms with Crippen LogP contribution >= 0.6 is 0 Å². The van der Waals surface area contributed by atoms with Gasteiger partial charge in [-0.15, -0.1) is 0 Å². The lowest BCUT2D eigenvalue weighted by molar-refractivity contribution is 0.0323. The molecule has 0 bridgehead atoms. The fourth-order valence-electron chi connectivity index (χ4n) is 3.93. The number of benzene rings is 1. The lowest BCUT2D eigenvalue weighted by atomic mass is 10.1. The number of piperazine rings is 1. The van der Waals surface area contributed by atoms with E-state index < -0.39 is 0 Å². The molecule has 2 fully saturated rings. The van der Waals surface area contributed by atoms with Crippen molar-refractivity contribution < 1.29 is 9.47 Å². The van der Waals surface area contributed by atoms with Gasteiger partial charge in [0.2, 0.25) is 0 Å². The SMILES string of the molecule is CCNC(=NCC(C)CN1CCOCC1)N1CCN(c2cccc(OC)c2)CC1. The van der Waals surface area contributed by atoms with Gasteiger partial charge in [-0.2, -0.15) is 0 Å². The first kappa shape index (κ1) is 21.7. The molecule has 0 aliphatic carbocycles. The summed E-state index contributed by atoms with van der Waals surface area (Å²) in [5, 5.41) is 3.49. The van der Waals surface area contributed by atoms with Crippen LogP contribution in [-0.4, -0.2) is 95.0 Å². The van der Waals surface area contributed by atoms with Crippen molar-refractivity contribution in [2.75, 3.05) is 84.1 Å². The van der Waals surface area contributed by atoms with Crippen LogP contribution < -0.4 is 15.0 Å². The smallest absolute Gasteiger partial charge is 0.194 e. The minimum absolute atomic E-state index is 0.542. The van der Waals surface area contributed by atoms with E-state index in [0.29, 0.717) is 5.92 Å². The van der Waals surface area contributed by atoms with Crippen LogP contribution in [0.5, 0.6) is 5.75 Å². The summed E-state index contributed by atoms with van der Waals surface area (Å²) in [5.74, 6) is 2.50. The molecule has 1 aromatic rings. The third-order valence-electron chi connectivity index (χ3n) is 5.56. The molecule has 1 N–H and O–H groups in total. The highest BCUT2D eigenvalue weighted by Crippen LogP contribution is 2.22. The Hall–Kier alpha value is -1.99. The van der Waals surface area contributed by atoms with Crippen LogP contribution in [0, 0.1) is 5.92 Å². The van der Waals surface area contributed by atoms with E-state index in [-0.39, 0.29) is 0 Å². The number of anilines is 1. The number of hydrogen-bond acceptors (Lipinski definition) is 5. The molecule has 3 rings (SSSR count). The fraction of sp³-hybridized carbons (Fsp3) is 0.682. The summed E-state index contributed by atoms with van der Waals surface area (Å²) in [5.41, 5.74) is 1.23. The van der Waals surface area contributed by atoms with E-state index in [1.54, 1.807) is 7.11 Å². The van der Waals surface area contributed by atoms with E-state index in [0.717, 1.165) is 83.8 Å². The van der Waals surface area contributed by atoms with Crippen LogP contribution in [-0.2, 0) is 4.74 Å². The average Bonchev–Trinajstić information content (AvgIpc) is 2.77. The van der Waals surface area contributed by atoms with E-state index in [2.05, 4.69) is 52.1 Å². The zero-order valence-corrected chi connectivity index (χ0v) is 18.3. The van der Waals surface area contributed by atoms with Crippen LogP contribution in [0.1, 0.15) is 13.8 Å². The summed E-state index contributed by atoms with van der Waals surface area (Å²) in [6.07, 6.45) is 0. The van der Waals surface area contributed by atoms with E-state index in [4.69, 9.17) is 14.5 Å². The number of nitrogens with one attached hydrogen (secondary N) is 1. The Morgan fingerprint density at radius 1 is 1.17 bits per heavy atom. The van der Waals surface area contributed by atoms with Crippen molar-refractivity contribution in [3.05, 3.63) is 24.3 Å². The van der Waals surface area contributed by atoms with Crippen LogP contribution in [0.4, 0.5) is 5.69 Å². The number of aliphatic imine (C=N–C) groups is 1. The van der Waals surface area contributed by atoms with Gasteiger partial charge in [0.25, 0.3) is 0 Å². The first-order chi connectivity index (χ1) is 14.2. The first-order valence-corrected chi connectivity index (χ1v) is 10.9. The number of rotatable bonds is 7. The van der Waals surface area contributed by atoms with Crippen molar-refractivity contribution in [3.8, 4) is 5.75 Å². The number of guanidine groups is 1. The van der Waals surface area contributed by atoms with Crippen LogP contribution in [0.3, 0.4) is 0 Å². The van der Waals surface area contributed by atoms with Gasteiger partial charge in [-0.3, -0.25) is 9.89 Å². The lowest BCUT2D eigenvalue weighted by Gasteiger charge is -2.38. The minimum atomic E-state index is 0.542. The van der Waals surface area contributed by atoms with Gasteiger partial charge in [0.15, 0.2) is 5.96 Å². The topological polar surface area (TPSA) is 52.6 Å². The molecule has 2 aliphatic heterocycles. The van der Waals surface area contributed by atoms with Crippen LogP contribution in [0.2, 0.25) is 0 Å². The molecular weight excluding hydrogens is 366 g/mol. The average molecular weight is 404 g/mol. The Morgan fingerprint density at radius 2 is 1.93 bits per heavy atom. The Bertz CT molecular complexity index is 640. The molecule has 1 unspecified atom stereocenters. The summed E-state index contributed by atoms with van der Waals surface area (Å²) in [6.45, 7) is 15.0. The predicted molar refractivity (Wildman–Crippen MR) is 119 cm³/mol. The highest BCUT2D eigenvalue weighted by Gasteiger charge is 2.21. The predicted octanol–water partition coefficient (Wildman–Crippen LogP) is 1.75. The normalized spacial score (nSPS) is 19.9. The third-order valence-corrected chi connectivity index (χ3v) is 5.56. The van der Waals surface area contributed by atoms with E-state index in [1.807, 2.05) is 6.07 Å². The van der Waals surface area contributed by atoms with Gasteiger partial charge < -0.3 is 24.6 Å². The summed E-state index contributed by atoms with van der Waals surface area (Å²) in [4.78, 5) is 12.3. The number of morpholine rings is 1. The molecule has 2 aliphatic rings. The van der Waals surface area contributed by atoms with Crippen molar-refractivity contribution in [2.24, 2.45) is 10.9 Å². The standard InChI is InChI=1S/C22H37N5O2/c1-4-23-22(24-17-19(2)18-25-12-14-29-15-13-25)27-10-8-26(9-11-27)20-6-5-7-21(16-20)28-3/h5-7,16,19H,4,8-15,17-18H2,1-3H3,(H,23,24). The van der Waals surface area contributed by atoms with E-state index >= 15 is 0 Å². The summed E-state index contributed by atoms with van der Waals surface area (Å²) >= 11 is 0. The molecule has 1 aromatic carbocycles. The van der Waals surface area contributed by atoms with Gasteiger partial charge in [-0.05, 0) is 25.0 Å². The minimum Gasteiger partial charge on any atom is -0.497 e. The highest BCUT2D eigenvalue weighted by atomic mass is 16.5. The van der Waals surface area contributed by atoms with Crippen molar-refractivity contribution in [2.45, 2.75) is 13.8 Å². The van der Waals surface area contributed by atoms with Crippen molar-refractivity contribution in [3.63, 3.8) is 0 Å². The first-order valence-electron chi connectivity index (χ1n) is 10.9. The van der Waals surface area contributed by atoms with Crippen LogP contribution in [0.25, 0.3) is 0 Å². The summed E-state index contributed by atoms with van der Waals surface area (Å²) in [6, 6.07) is 8.32. The Morgan fingerprint density at radius 3 is 2.62 bits per heavy atom. The summed E-state index contributed by atoms with van der Waals surface area (Å²) < 4.78 is 10.8. The molecule has 1 atom stereocenters. The monoisotopic (exact) mass is 403 g/mol. The van der Waals surface area contributed by atoms with Crippen molar-refractivity contribution >= 4 is 11.6 Å². The van der Waals surface area contributed by atoms with Gasteiger partial charge in [0, 0.05) is 70.7 Å². The Kier molecular flexibility index (Phi) is 8.43. The van der Waals surface area contributed by atoms with Crippen molar-refractivity contribution in [1.82, 2.24) is 15.1 Å². The lowest BCUT2D eigenvalue weighted by Crippen LogP contribution is -2.52. The second kappa shape index (κ2) is 11.3. The maximum atomic E-state index is 5.45. The van der Waals surface area contributed by atoms with E-state index in [9.17, 15) is 0 Å². The summed E-state index contributed by atoms with van der Waals surface area (Å²) in [7, 11) is 1.72. The number of hydrogen-bond donors (Lipinski definition) is 1. The molecule has 7 nitrogen and oxygen atoms in total. The number of ether oxygens (including phenoxy) is 2. The quantitative estimate of drug-likeness (QED) is 0.553. The number of nitrogens with zero attached hydrogens (tertiary/aromatic N) is 4. The van der Waals surface area contributed by atoms with Gasteiger partial charge in [0.05, 0.1) is 20.3 Å². The van der Waals surface area contributed by atoms with Gasteiger partial charge in [0.1, 0.15) is 5.75 Å². The second-order valence-corrected chi connectivity index (χ2v) is 7.89. The maximum Gasteiger partial charge on any atom is 0.194 e. The van der Waals surface area contributed by atoms with Crippen molar-refractivity contribution in [1.29, 1.82) is 0 Å². The third kappa shape index (κ3) is 6.51. The molecule has 162 valence electrons. The molecule has 0 spiro atoms. The second-order valence-electron chi connectivity index (χ2n) is 7.89. The zero-order chi connectivity index (χ0) is 20.5. The molecule has 0 saturated carbocycles. The number of methoxy groups -OCH3 is 1. The van der Waals surface area contributed by atoms with Gasteiger partial charge in [-0.1, -0.05) is 13.0 Å². The molecule has 0 amide bonds. The maximum absolute atomic E-state index is 5.45.